The van der Waals surface area contributed by atoms with Crippen LogP contribution in [0.15, 0.2) is 0 Å². The second-order valence-electron chi connectivity index (χ2n) is 14.1. The maximum absolute atomic E-state index is 13.5. The van der Waals surface area contributed by atoms with E-state index < -0.39 is 183 Å². The zero-order valence-corrected chi connectivity index (χ0v) is 34.8. The lowest BCUT2D eigenvalue weighted by molar-refractivity contribution is -0.143. The summed E-state index contributed by atoms with van der Waals surface area (Å²) in [6.45, 7) is 2.18. The molecule has 0 unspecified atom stereocenters. The normalized spacial score (nSPS) is 14.4. The summed E-state index contributed by atoms with van der Waals surface area (Å²) in [6.07, 6.45) is -4.63. The molecule has 0 aliphatic heterocycles. The number of carboxylic acids is 5. The topological polar surface area (TPSA) is 488 Å². The molecule has 29 heteroatoms. The summed E-state index contributed by atoms with van der Waals surface area (Å²) in [4.78, 5) is 170. The van der Waals surface area contributed by atoms with Crippen molar-refractivity contribution in [1.29, 1.82) is 0 Å². The predicted molar refractivity (Wildman–Crippen MR) is 210 cm³/mol. The van der Waals surface area contributed by atoms with Gasteiger partial charge in [0.1, 0.15) is 36.3 Å². The number of hydrogen-bond donors (Lipinski definition) is 15. The number of carbonyl (C=O) groups is 14. The second-order valence-corrected chi connectivity index (χ2v) is 14.1. The van der Waals surface area contributed by atoms with E-state index in [9.17, 15) is 87.5 Å². The van der Waals surface area contributed by atoms with Crippen molar-refractivity contribution >= 4 is 83.0 Å². The average molecular weight is 919 g/mol. The smallest absolute Gasteiger partial charge is 0.326 e. The molecule has 0 aliphatic carbocycles. The van der Waals surface area contributed by atoms with Gasteiger partial charge in [-0.05, 0) is 25.7 Å². The van der Waals surface area contributed by atoms with Gasteiger partial charge in [0.2, 0.25) is 53.2 Å². The summed E-state index contributed by atoms with van der Waals surface area (Å²) in [7, 11) is 0. The highest BCUT2D eigenvalue weighted by Gasteiger charge is 2.35. The van der Waals surface area contributed by atoms with Gasteiger partial charge in [0.25, 0.3) is 0 Å². The molecular formula is C35H54N10O19. The molecule has 0 saturated carbocycles. The molecule has 0 aromatic heterocycles. The first kappa shape index (κ1) is 56.5. The van der Waals surface area contributed by atoms with Gasteiger partial charge in [0.05, 0.1) is 38.4 Å². The molecule has 358 valence electrons. The van der Waals surface area contributed by atoms with Crippen molar-refractivity contribution in [2.24, 2.45) is 17.4 Å². The predicted octanol–water partition coefficient (Wildman–Crippen LogP) is -6.84. The van der Waals surface area contributed by atoms with Crippen LogP contribution in [0, 0.1) is 5.92 Å². The minimum atomic E-state index is -1.96. The number of carboxylic acid groups (broad SMARTS) is 5. The largest absolute Gasteiger partial charge is 0.481 e. The SMILES string of the molecule is CC[C@H](C)[C@H](NC(=O)[C@H](CC(=O)O)NC(=O)[C@H](C)NC(=O)[C@@H](N)CCC(=O)O)C(=O)N[C@@H](CC(=O)O)C(=O)NCC(=O)N[C@@H](CC(=O)O)C(=O)NCC(=O)N[C@@H](CCC(N)=O)C(=O)O. The van der Waals surface area contributed by atoms with Crippen LogP contribution in [0.3, 0.4) is 0 Å². The van der Waals surface area contributed by atoms with E-state index >= 15 is 0 Å². The van der Waals surface area contributed by atoms with Crippen LogP contribution in [-0.2, 0) is 67.1 Å². The van der Waals surface area contributed by atoms with Crippen LogP contribution in [0.5, 0.6) is 0 Å². The maximum Gasteiger partial charge on any atom is 0.326 e. The molecule has 0 saturated heterocycles. The third-order valence-electron chi connectivity index (χ3n) is 8.76. The van der Waals surface area contributed by atoms with Gasteiger partial charge in [-0.2, -0.15) is 0 Å². The number of nitrogens with two attached hydrogens (primary N) is 2. The quantitative estimate of drug-likeness (QED) is 0.0307. The molecule has 0 rings (SSSR count). The van der Waals surface area contributed by atoms with Crippen molar-refractivity contribution in [2.45, 2.75) is 114 Å². The van der Waals surface area contributed by atoms with E-state index in [1.807, 2.05) is 21.3 Å². The minimum absolute atomic E-state index is 0.144. The lowest BCUT2D eigenvalue weighted by atomic mass is 9.97. The molecule has 0 fully saturated rings. The molecule has 17 N–H and O–H groups in total. The Balaban J connectivity index is 5.86. The van der Waals surface area contributed by atoms with Crippen molar-refractivity contribution in [2.75, 3.05) is 13.1 Å². The Labute approximate surface area is 362 Å². The first-order valence-electron chi connectivity index (χ1n) is 19.2. The molecule has 0 aromatic carbocycles. The van der Waals surface area contributed by atoms with Gasteiger partial charge in [0.15, 0.2) is 0 Å². The third kappa shape index (κ3) is 22.9. The molecular weight excluding hydrogens is 864 g/mol. The van der Waals surface area contributed by atoms with Gasteiger partial charge >= 0.3 is 29.8 Å². The van der Waals surface area contributed by atoms with Crippen LogP contribution < -0.4 is 54.0 Å². The number of rotatable bonds is 31. The van der Waals surface area contributed by atoms with Crippen LogP contribution in [0.2, 0.25) is 0 Å². The van der Waals surface area contributed by atoms with E-state index in [4.69, 9.17) is 16.6 Å². The zero-order valence-electron chi connectivity index (χ0n) is 34.8. The Morgan fingerprint density at radius 1 is 0.484 bits per heavy atom. The Morgan fingerprint density at radius 3 is 1.34 bits per heavy atom. The first-order valence-corrected chi connectivity index (χ1v) is 19.2. The fraction of sp³-hybridized carbons (Fsp3) is 0.600. The molecule has 8 atom stereocenters. The highest BCUT2D eigenvalue weighted by atomic mass is 16.4. The molecule has 0 radical (unpaired) electrons. The van der Waals surface area contributed by atoms with E-state index in [2.05, 4.69) is 21.3 Å². The van der Waals surface area contributed by atoms with Gasteiger partial charge in [-0.3, -0.25) is 62.3 Å². The Kier molecular flexibility index (Phi) is 24.9. The Hall–Kier alpha value is -7.46. The molecule has 0 spiro atoms. The van der Waals surface area contributed by atoms with E-state index in [0.29, 0.717) is 0 Å². The number of carbonyl (C=O) groups excluding carboxylic acids is 9. The summed E-state index contributed by atoms with van der Waals surface area (Å²) in [5.74, 6) is -18.6. The number of hydrogen-bond acceptors (Lipinski definition) is 15. The molecule has 0 bridgehead atoms. The van der Waals surface area contributed by atoms with Crippen LogP contribution in [0.4, 0.5) is 0 Å². The van der Waals surface area contributed by atoms with E-state index in [-0.39, 0.29) is 12.8 Å². The van der Waals surface area contributed by atoms with E-state index in [0.717, 1.165) is 6.92 Å². The Bertz CT molecular complexity index is 1790. The first-order chi connectivity index (χ1) is 29.7. The standard InChI is InChI=1S/C35H54N10O19/c1-4-14(2)28(45-33(61)20(11-27(55)56)43-29(57)15(3)40-30(58)16(36)5-8-24(49)50)34(62)44-19(10-26(53)54)32(60)39-13-23(48)42-18(9-25(51)52)31(59)38-12-22(47)41-17(35(63)64)6-7-21(37)46/h14-20,28H,4-13,36H2,1-3H3,(H2,37,46)(H,38,59)(H,39,60)(H,40,58)(H,41,47)(H,42,48)(H,43,57)(H,44,62)(H,45,61)(H,49,50)(H,51,52)(H,53,54)(H,55,56)(H,63,64)/t14-,15-,16-,17-,18-,19-,20-,28-/m0/s1. The fourth-order valence-electron chi connectivity index (χ4n) is 5.08. The van der Waals surface area contributed by atoms with Crippen molar-refractivity contribution < 1.29 is 92.7 Å². The minimum Gasteiger partial charge on any atom is -0.481 e. The molecule has 0 heterocycles. The summed E-state index contributed by atoms with van der Waals surface area (Å²) < 4.78 is 0. The lowest BCUT2D eigenvalue weighted by Crippen LogP contribution is -2.60. The van der Waals surface area contributed by atoms with Crippen LogP contribution in [-0.4, -0.2) is 164 Å². The summed E-state index contributed by atoms with van der Waals surface area (Å²) in [6, 6.07) is -11.7. The molecule has 64 heavy (non-hydrogen) atoms. The maximum atomic E-state index is 13.5. The van der Waals surface area contributed by atoms with Gasteiger partial charge in [-0.1, -0.05) is 20.3 Å². The molecule has 29 nitrogen and oxygen atoms in total. The van der Waals surface area contributed by atoms with E-state index in [1.165, 1.54) is 6.92 Å². The van der Waals surface area contributed by atoms with Crippen molar-refractivity contribution in [3.05, 3.63) is 0 Å². The molecule has 0 aromatic rings. The van der Waals surface area contributed by atoms with Gasteiger partial charge in [-0.25, -0.2) is 4.79 Å². The summed E-state index contributed by atoms with van der Waals surface area (Å²) in [5.41, 5.74) is 10.6. The Morgan fingerprint density at radius 2 is 0.922 bits per heavy atom. The van der Waals surface area contributed by atoms with Crippen LogP contribution in [0.1, 0.15) is 72.1 Å². The third-order valence-corrected chi connectivity index (χ3v) is 8.76. The zero-order chi connectivity index (χ0) is 49.4. The lowest BCUT2D eigenvalue weighted by Gasteiger charge is -2.28. The van der Waals surface area contributed by atoms with Gasteiger partial charge in [-0.15, -0.1) is 0 Å². The van der Waals surface area contributed by atoms with Gasteiger partial charge in [0, 0.05) is 12.8 Å². The summed E-state index contributed by atoms with van der Waals surface area (Å²) in [5, 5.41) is 62.8. The highest BCUT2D eigenvalue weighted by molar-refractivity contribution is 5.99. The van der Waals surface area contributed by atoms with Crippen molar-refractivity contribution in [3.8, 4) is 0 Å². The number of nitrogens with one attached hydrogen (secondary N) is 8. The van der Waals surface area contributed by atoms with Gasteiger partial charge < -0.3 is 79.5 Å². The van der Waals surface area contributed by atoms with Crippen LogP contribution in [0.25, 0.3) is 0 Å². The highest BCUT2D eigenvalue weighted by Crippen LogP contribution is 2.11. The van der Waals surface area contributed by atoms with Crippen molar-refractivity contribution in [3.63, 3.8) is 0 Å². The summed E-state index contributed by atoms with van der Waals surface area (Å²) >= 11 is 0. The van der Waals surface area contributed by atoms with E-state index in [1.54, 1.807) is 6.92 Å². The van der Waals surface area contributed by atoms with Crippen molar-refractivity contribution in [1.82, 2.24) is 42.5 Å². The number of amides is 9. The number of aliphatic carboxylic acids is 5. The van der Waals surface area contributed by atoms with Crippen LogP contribution >= 0.6 is 0 Å². The second kappa shape index (κ2) is 28.2. The monoisotopic (exact) mass is 918 g/mol. The average Bonchev–Trinajstić information content (AvgIpc) is 3.19. The fourth-order valence-corrected chi connectivity index (χ4v) is 5.08. The molecule has 9 amide bonds. The molecule has 0 aliphatic rings. The number of primary amides is 1.